The molecule has 0 saturated heterocycles. The maximum absolute atomic E-state index is 12.1. The number of benzene rings is 1. The Hall–Kier alpha value is -1.11. The Morgan fingerprint density at radius 1 is 1.37 bits per heavy atom. The molecule has 0 aliphatic heterocycles. The van der Waals surface area contributed by atoms with Crippen LogP contribution in [0.15, 0.2) is 29.2 Å². The molecule has 19 heavy (non-hydrogen) atoms. The number of hydrogen-bond acceptors (Lipinski definition) is 3. The Morgan fingerprint density at radius 2 is 1.89 bits per heavy atom. The highest BCUT2D eigenvalue weighted by Gasteiger charge is 2.29. The maximum Gasteiger partial charge on any atom is 0.322 e. The molecule has 0 aliphatic carbocycles. The zero-order valence-corrected chi connectivity index (χ0v) is 12.2. The summed E-state index contributed by atoms with van der Waals surface area (Å²) in [4.78, 5) is 11.1. The first-order valence-corrected chi connectivity index (χ1v) is 7.64. The lowest BCUT2D eigenvalue weighted by Gasteiger charge is -2.20. The first-order chi connectivity index (χ1) is 8.77. The second-order valence-corrected chi connectivity index (χ2v) is 6.43. The predicted molar refractivity (Wildman–Crippen MR) is 72.7 cm³/mol. The van der Waals surface area contributed by atoms with E-state index >= 15 is 0 Å². The van der Waals surface area contributed by atoms with Crippen molar-refractivity contribution in [1.29, 1.82) is 0 Å². The number of carboxylic acids is 1. The van der Waals surface area contributed by atoms with Crippen molar-refractivity contribution in [2.45, 2.75) is 31.2 Å². The van der Waals surface area contributed by atoms with Crippen molar-refractivity contribution in [3.8, 4) is 0 Å². The lowest BCUT2D eigenvalue weighted by Crippen LogP contribution is -2.44. The minimum atomic E-state index is -3.87. The van der Waals surface area contributed by atoms with Crippen LogP contribution in [0.2, 0.25) is 5.02 Å². The third-order valence-corrected chi connectivity index (χ3v) is 4.59. The smallest absolute Gasteiger partial charge is 0.322 e. The number of halogens is 1. The van der Waals surface area contributed by atoms with Crippen LogP contribution in [0.4, 0.5) is 0 Å². The summed E-state index contributed by atoms with van der Waals surface area (Å²) in [6.07, 6.45) is 0.556. The van der Waals surface area contributed by atoms with E-state index in [1.54, 1.807) is 13.8 Å². The fourth-order valence-electron chi connectivity index (χ4n) is 1.49. The minimum absolute atomic E-state index is 0.00791. The average molecular weight is 306 g/mol. The van der Waals surface area contributed by atoms with Crippen LogP contribution in [-0.4, -0.2) is 25.5 Å². The van der Waals surface area contributed by atoms with E-state index < -0.39 is 22.0 Å². The molecule has 0 heterocycles. The van der Waals surface area contributed by atoms with E-state index in [9.17, 15) is 13.2 Å². The molecule has 0 aromatic heterocycles. The second kappa shape index (κ2) is 6.36. The maximum atomic E-state index is 12.1. The van der Waals surface area contributed by atoms with E-state index in [0.29, 0.717) is 11.4 Å². The van der Waals surface area contributed by atoms with Gasteiger partial charge in [0.15, 0.2) is 0 Å². The Kier molecular flexibility index (Phi) is 5.34. The number of carbonyl (C=O) groups is 1. The number of sulfonamides is 1. The summed E-state index contributed by atoms with van der Waals surface area (Å²) in [6, 6.07) is 4.40. The Morgan fingerprint density at radius 3 is 2.32 bits per heavy atom. The Balaban J connectivity index is 3.00. The molecule has 0 bridgehead atoms. The zero-order valence-electron chi connectivity index (χ0n) is 10.6. The molecule has 0 amide bonds. The lowest BCUT2D eigenvalue weighted by atomic mass is 10.0. The molecule has 2 atom stereocenters. The standard InChI is InChI=1S/C12H16ClNO4S/c1-3-8(2)11(12(15)16)14-19(17,18)10-6-4-9(13)5-7-10/h4-8,11,14H,3H2,1-2H3,(H,15,16)/t8?,11-/m0/s1. The van der Waals surface area contributed by atoms with Crippen molar-refractivity contribution >= 4 is 27.6 Å². The van der Waals surface area contributed by atoms with Crippen LogP contribution in [0.1, 0.15) is 20.3 Å². The van der Waals surface area contributed by atoms with Gasteiger partial charge in [-0.25, -0.2) is 8.42 Å². The molecule has 1 aromatic carbocycles. The molecule has 7 heteroatoms. The van der Waals surface area contributed by atoms with Crippen LogP contribution < -0.4 is 4.72 Å². The SMILES string of the molecule is CCC(C)[C@H](NS(=O)(=O)c1ccc(Cl)cc1)C(=O)O. The van der Waals surface area contributed by atoms with Crippen LogP contribution in [-0.2, 0) is 14.8 Å². The van der Waals surface area contributed by atoms with E-state index in [2.05, 4.69) is 4.72 Å². The van der Waals surface area contributed by atoms with E-state index in [-0.39, 0.29) is 10.8 Å². The number of carboxylic acid groups (broad SMARTS) is 1. The number of hydrogen-bond donors (Lipinski definition) is 2. The summed E-state index contributed by atoms with van der Waals surface area (Å²) < 4.78 is 26.3. The fourth-order valence-corrected chi connectivity index (χ4v) is 2.92. The Bertz CT molecular complexity index is 541. The zero-order chi connectivity index (χ0) is 14.6. The molecular weight excluding hydrogens is 290 g/mol. The van der Waals surface area contributed by atoms with E-state index in [0.717, 1.165) is 0 Å². The molecule has 0 saturated carbocycles. The second-order valence-electron chi connectivity index (χ2n) is 4.28. The highest BCUT2D eigenvalue weighted by Crippen LogP contribution is 2.16. The van der Waals surface area contributed by atoms with Crippen LogP contribution in [0, 0.1) is 5.92 Å². The van der Waals surface area contributed by atoms with Gasteiger partial charge < -0.3 is 5.11 Å². The van der Waals surface area contributed by atoms with Crippen molar-refractivity contribution in [1.82, 2.24) is 4.72 Å². The van der Waals surface area contributed by atoms with E-state index in [1.165, 1.54) is 24.3 Å². The van der Waals surface area contributed by atoms with Gasteiger partial charge in [0.05, 0.1) is 4.90 Å². The van der Waals surface area contributed by atoms with E-state index in [4.69, 9.17) is 16.7 Å². The molecule has 0 aliphatic rings. The Labute approximate surface area is 117 Å². The van der Waals surface area contributed by atoms with Crippen molar-refractivity contribution in [2.75, 3.05) is 0 Å². The van der Waals surface area contributed by atoms with Gasteiger partial charge in [0.1, 0.15) is 6.04 Å². The summed E-state index contributed by atoms with van der Waals surface area (Å²) in [6.45, 7) is 3.49. The van der Waals surface area contributed by atoms with Crippen LogP contribution >= 0.6 is 11.6 Å². The van der Waals surface area contributed by atoms with Gasteiger partial charge in [0.25, 0.3) is 0 Å². The van der Waals surface area contributed by atoms with Crippen molar-refractivity contribution in [3.05, 3.63) is 29.3 Å². The first-order valence-electron chi connectivity index (χ1n) is 5.78. The van der Waals surface area contributed by atoms with Gasteiger partial charge in [0.2, 0.25) is 10.0 Å². The third-order valence-electron chi connectivity index (χ3n) is 2.89. The molecule has 1 unspecified atom stereocenters. The number of aliphatic carboxylic acids is 1. The molecular formula is C12H16ClNO4S. The normalized spacial score (nSPS) is 14.9. The van der Waals surface area contributed by atoms with Crippen molar-refractivity contribution in [2.24, 2.45) is 5.92 Å². The van der Waals surface area contributed by atoms with Gasteiger partial charge in [0, 0.05) is 5.02 Å². The van der Waals surface area contributed by atoms with Crippen LogP contribution in [0.25, 0.3) is 0 Å². The third kappa shape index (κ3) is 4.19. The topological polar surface area (TPSA) is 83.5 Å². The summed E-state index contributed by atoms with van der Waals surface area (Å²) >= 11 is 5.68. The average Bonchev–Trinajstić information content (AvgIpc) is 2.35. The van der Waals surface area contributed by atoms with Crippen molar-refractivity contribution in [3.63, 3.8) is 0 Å². The van der Waals surface area contributed by atoms with Gasteiger partial charge in [-0.1, -0.05) is 31.9 Å². The lowest BCUT2D eigenvalue weighted by molar-refractivity contribution is -0.140. The predicted octanol–water partition coefficient (Wildman–Crippen LogP) is 2.12. The van der Waals surface area contributed by atoms with Crippen LogP contribution in [0.5, 0.6) is 0 Å². The molecule has 5 nitrogen and oxygen atoms in total. The summed E-state index contributed by atoms with van der Waals surface area (Å²) in [7, 11) is -3.87. The monoisotopic (exact) mass is 305 g/mol. The quantitative estimate of drug-likeness (QED) is 0.843. The van der Waals surface area contributed by atoms with Gasteiger partial charge in [-0.15, -0.1) is 0 Å². The molecule has 0 fully saturated rings. The van der Waals surface area contributed by atoms with Gasteiger partial charge in [-0.2, -0.15) is 4.72 Å². The molecule has 0 radical (unpaired) electrons. The van der Waals surface area contributed by atoms with E-state index in [1.807, 2.05) is 0 Å². The molecule has 0 spiro atoms. The summed E-state index contributed by atoms with van der Waals surface area (Å²) in [5.74, 6) is -1.49. The summed E-state index contributed by atoms with van der Waals surface area (Å²) in [5, 5.41) is 9.49. The molecule has 1 rings (SSSR count). The molecule has 106 valence electrons. The van der Waals surface area contributed by atoms with Gasteiger partial charge in [-0.3, -0.25) is 4.79 Å². The van der Waals surface area contributed by atoms with Crippen LogP contribution in [0.3, 0.4) is 0 Å². The van der Waals surface area contributed by atoms with Crippen molar-refractivity contribution < 1.29 is 18.3 Å². The largest absolute Gasteiger partial charge is 0.480 e. The number of nitrogens with one attached hydrogen (secondary N) is 1. The highest BCUT2D eigenvalue weighted by atomic mass is 35.5. The number of rotatable bonds is 6. The molecule has 2 N–H and O–H groups in total. The highest BCUT2D eigenvalue weighted by molar-refractivity contribution is 7.89. The van der Waals surface area contributed by atoms with Gasteiger partial charge >= 0.3 is 5.97 Å². The fraction of sp³-hybridized carbons (Fsp3) is 0.417. The minimum Gasteiger partial charge on any atom is -0.480 e. The molecule has 1 aromatic rings. The first kappa shape index (κ1) is 15.9. The van der Waals surface area contributed by atoms with Gasteiger partial charge in [-0.05, 0) is 30.2 Å². The summed E-state index contributed by atoms with van der Waals surface area (Å²) in [5.41, 5.74) is 0.